The van der Waals surface area contributed by atoms with Crippen molar-refractivity contribution in [1.82, 2.24) is 15.0 Å². The summed E-state index contributed by atoms with van der Waals surface area (Å²) in [6.07, 6.45) is 1.68. The van der Waals surface area contributed by atoms with Crippen LogP contribution in [0.5, 0.6) is 5.75 Å². The second-order valence-electron chi connectivity index (χ2n) is 8.11. The number of para-hydroxylation sites is 2. The zero-order valence-electron chi connectivity index (χ0n) is 20.3. The molecule has 0 aliphatic rings. The lowest BCUT2D eigenvalue weighted by atomic mass is 10.2. The van der Waals surface area contributed by atoms with Crippen molar-refractivity contribution in [2.75, 3.05) is 16.1 Å². The molecule has 0 fully saturated rings. The third kappa shape index (κ3) is 7.05. The Morgan fingerprint density at radius 1 is 0.658 bits per heavy atom. The van der Waals surface area contributed by atoms with Gasteiger partial charge in [0.05, 0.1) is 6.21 Å². The van der Waals surface area contributed by atoms with Gasteiger partial charge in [0.25, 0.3) is 0 Å². The molecule has 0 atom stereocenters. The summed E-state index contributed by atoms with van der Waals surface area (Å²) < 4.78 is 5.84. The average Bonchev–Trinajstić information content (AvgIpc) is 2.94. The first kappa shape index (κ1) is 24.7. The molecular weight excluding hydrogens is 498 g/mol. The molecule has 0 spiro atoms. The summed E-state index contributed by atoms with van der Waals surface area (Å²) in [6.45, 7) is 0.396. The van der Waals surface area contributed by atoms with Gasteiger partial charge in [-0.15, -0.1) is 0 Å². The van der Waals surface area contributed by atoms with E-state index < -0.39 is 0 Å². The number of halogens is 1. The van der Waals surface area contributed by atoms with Crippen molar-refractivity contribution in [3.05, 3.63) is 125 Å². The summed E-state index contributed by atoms with van der Waals surface area (Å²) in [6, 6.07) is 34.5. The predicted octanol–water partition coefficient (Wildman–Crippen LogP) is 7.04. The number of aromatic nitrogens is 3. The second-order valence-corrected chi connectivity index (χ2v) is 8.51. The van der Waals surface area contributed by atoms with Crippen molar-refractivity contribution >= 4 is 47.0 Å². The summed E-state index contributed by atoms with van der Waals surface area (Å²) in [7, 11) is 0. The van der Waals surface area contributed by atoms with E-state index in [1.807, 2.05) is 109 Å². The first-order valence-corrected chi connectivity index (χ1v) is 12.2. The third-order valence-electron chi connectivity index (χ3n) is 5.31. The van der Waals surface area contributed by atoms with E-state index in [0.717, 1.165) is 28.3 Å². The number of hydrogen-bond acceptors (Lipinski definition) is 8. The standard InChI is InChI=1S/C29H24ClN7O/c30-26-14-8-7-9-22(26)20-38-25-17-15-21(16-18-25)19-31-37-29-35-27(32-23-10-3-1-4-11-23)34-28(36-29)33-24-12-5-2-6-13-24/h1-19H,20H2,(H3,32,33,34,35,36,37). The van der Waals surface area contributed by atoms with Gasteiger partial charge in [-0.25, -0.2) is 5.43 Å². The minimum atomic E-state index is 0.285. The normalized spacial score (nSPS) is 10.8. The monoisotopic (exact) mass is 521 g/mol. The summed E-state index contributed by atoms with van der Waals surface area (Å²) in [4.78, 5) is 13.4. The van der Waals surface area contributed by atoms with Crippen molar-refractivity contribution in [3.63, 3.8) is 0 Å². The van der Waals surface area contributed by atoms with Crippen molar-refractivity contribution in [2.45, 2.75) is 6.61 Å². The molecule has 9 heteroatoms. The highest BCUT2D eigenvalue weighted by Crippen LogP contribution is 2.20. The maximum Gasteiger partial charge on any atom is 0.250 e. The number of hydrazone groups is 1. The van der Waals surface area contributed by atoms with E-state index in [2.05, 4.69) is 36.1 Å². The molecule has 38 heavy (non-hydrogen) atoms. The van der Waals surface area contributed by atoms with Crippen LogP contribution in [0, 0.1) is 0 Å². The smallest absolute Gasteiger partial charge is 0.250 e. The topological polar surface area (TPSA) is 96.4 Å². The Kier molecular flexibility index (Phi) is 8.03. The van der Waals surface area contributed by atoms with Gasteiger partial charge in [-0.2, -0.15) is 20.1 Å². The fourth-order valence-electron chi connectivity index (χ4n) is 3.43. The minimum Gasteiger partial charge on any atom is -0.489 e. The summed E-state index contributed by atoms with van der Waals surface area (Å²) >= 11 is 6.20. The number of ether oxygens (including phenoxy) is 1. The first-order chi connectivity index (χ1) is 18.7. The van der Waals surface area contributed by atoms with E-state index in [4.69, 9.17) is 16.3 Å². The number of nitrogens with one attached hydrogen (secondary N) is 3. The van der Waals surface area contributed by atoms with E-state index >= 15 is 0 Å². The lowest BCUT2D eigenvalue weighted by Crippen LogP contribution is -2.07. The fourth-order valence-corrected chi connectivity index (χ4v) is 3.62. The Hall–Kier alpha value is -4.95. The highest BCUT2D eigenvalue weighted by molar-refractivity contribution is 6.31. The highest BCUT2D eigenvalue weighted by atomic mass is 35.5. The molecule has 0 saturated carbocycles. The zero-order chi connectivity index (χ0) is 26.0. The van der Waals surface area contributed by atoms with Crippen LogP contribution < -0.4 is 20.8 Å². The molecule has 0 amide bonds. The van der Waals surface area contributed by atoms with Gasteiger partial charge in [0, 0.05) is 22.0 Å². The van der Waals surface area contributed by atoms with Crippen molar-refractivity contribution in [2.24, 2.45) is 5.10 Å². The van der Waals surface area contributed by atoms with Crippen LogP contribution in [0.2, 0.25) is 5.02 Å². The molecule has 188 valence electrons. The molecule has 0 aliphatic carbocycles. The van der Waals surface area contributed by atoms with Gasteiger partial charge >= 0.3 is 0 Å². The zero-order valence-corrected chi connectivity index (χ0v) is 21.0. The van der Waals surface area contributed by atoms with E-state index in [-0.39, 0.29) is 5.95 Å². The SMILES string of the molecule is Clc1ccccc1COc1ccc(C=NNc2nc(Nc3ccccc3)nc(Nc3ccccc3)n2)cc1. The molecular formula is C29H24ClN7O. The van der Waals surface area contributed by atoms with E-state index in [0.29, 0.717) is 23.5 Å². The number of benzene rings is 4. The maximum atomic E-state index is 6.20. The van der Waals surface area contributed by atoms with Crippen LogP contribution in [0.25, 0.3) is 0 Å². The number of nitrogens with zero attached hydrogens (tertiary/aromatic N) is 4. The molecule has 5 rings (SSSR count). The fraction of sp³-hybridized carbons (Fsp3) is 0.0345. The largest absolute Gasteiger partial charge is 0.489 e. The molecule has 0 bridgehead atoms. The van der Waals surface area contributed by atoms with Crippen LogP contribution in [0.1, 0.15) is 11.1 Å². The number of anilines is 5. The lowest BCUT2D eigenvalue weighted by molar-refractivity contribution is 0.306. The van der Waals surface area contributed by atoms with Crippen LogP contribution in [0.3, 0.4) is 0 Å². The number of rotatable bonds is 10. The lowest BCUT2D eigenvalue weighted by Gasteiger charge is -2.10. The Morgan fingerprint density at radius 3 is 1.82 bits per heavy atom. The number of hydrogen-bond donors (Lipinski definition) is 3. The van der Waals surface area contributed by atoms with Crippen molar-refractivity contribution < 1.29 is 4.74 Å². The third-order valence-corrected chi connectivity index (χ3v) is 5.67. The Morgan fingerprint density at radius 2 is 1.21 bits per heavy atom. The molecule has 0 radical (unpaired) electrons. The second kappa shape index (κ2) is 12.3. The summed E-state index contributed by atoms with van der Waals surface area (Å²) in [5.41, 5.74) is 6.42. The molecule has 0 unspecified atom stereocenters. The van der Waals surface area contributed by atoms with Crippen LogP contribution in [0.4, 0.5) is 29.2 Å². The Bertz CT molecular complexity index is 1440. The van der Waals surface area contributed by atoms with Crippen LogP contribution in [-0.4, -0.2) is 21.2 Å². The van der Waals surface area contributed by atoms with E-state index in [9.17, 15) is 0 Å². The molecule has 0 saturated heterocycles. The van der Waals surface area contributed by atoms with Crippen molar-refractivity contribution in [3.8, 4) is 5.75 Å². The molecule has 1 heterocycles. The minimum absolute atomic E-state index is 0.285. The van der Waals surface area contributed by atoms with Crippen LogP contribution in [0.15, 0.2) is 114 Å². The predicted molar refractivity (Wildman–Crippen MR) is 153 cm³/mol. The van der Waals surface area contributed by atoms with Gasteiger partial charge in [-0.3, -0.25) is 0 Å². The van der Waals surface area contributed by atoms with E-state index in [1.54, 1.807) is 6.21 Å². The molecule has 3 N–H and O–H groups in total. The molecule has 1 aromatic heterocycles. The first-order valence-electron chi connectivity index (χ1n) is 11.9. The van der Waals surface area contributed by atoms with Gasteiger partial charge in [0.15, 0.2) is 0 Å². The summed E-state index contributed by atoms with van der Waals surface area (Å²) in [5.74, 6) is 1.78. The van der Waals surface area contributed by atoms with Gasteiger partial charge < -0.3 is 15.4 Å². The average molecular weight is 522 g/mol. The van der Waals surface area contributed by atoms with Gasteiger partial charge in [0.2, 0.25) is 17.8 Å². The van der Waals surface area contributed by atoms with Gasteiger partial charge in [-0.05, 0) is 60.2 Å². The highest BCUT2D eigenvalue weighted by Gasteiger charge is 2.07. The van der Waals surface area contributed by atoms with Crippen LogP contribution in [-0.2, 0) is 6.61 Å². The molecule has 5 aromatic rings. The van der Waals surface area contributed by atoms with Crippen molar-refractivity contribution in [1.29, 1.82) is 0 Å². The van der Waals surface area contributed by atoms with E-state index in [1.165, 1.54) is 0 Å². The Labute approximate surface area is 225 Å². The quantitative estimate of drug-likeness (QED) is 0.134. The van der Waals surface area contributed by atoms with Gasteiger partial charge in [0.1, 0.15) is 12.4 Å². The molecule has 4 aromatic carbocycles. The summed E-state index contributed by atoms with van der Waals surface area (Å²) in [5, 5.41) is 11.4. The maximum absolute atomic E-state index is 6.20. The van der Waals surface area contributed by atoms with Gasteiger partial charge in [-0.1, -0.05) is 66.2 Å². The molecule has 0 aliphatic heterocycles. The van der Waals surface area contributed by atoms with Crippen LogP contribution >= 0.6 is 11.6 Å². The molecule has 8 nitrogen and oxygen atoms in total. The Balaban J connectivity index is 1.26.